The molecule has 0 aliphatic heterocycles. The molecule has 3 rings (SSSR count). The Hall–Kier alpha value is -1.94. The summed E-state index contributed by atoms with van der Waals surface area (Å²) < 4.78 is 32.8. The Balaban J connectivity index is 1.78. The minimum absolute atomic E-state index is 0.113. The minimum Gasteiger partial charge on any atom is -0.454 e. The summed E-state index contributed by atoms with van der Waals surface area (Å²) in [5.41, 5.74) is 1.68. The van der Waals surface area contributed by atoms with E-state index in [-0.39, 0.29) is 11.6 Å². The second-order valence-corrected chi connectivity index (χ2v) is 5.49. The highest BCUT2D eigenvalue weighted by atomic mass is 19.1. The van der Waals surface area contributed by atoms with Crippen LogP contribution >= 0.6 is 0 Å². The SMILES string of the molecule is Cc1ccc(F)c(Oc2cc(F)cc(CNC3CC3)c2)c1. The highest BCUT2D eigenvalue weighted by molar-refractivity contribution is 5.37. The lowest BCUT2D eigenvalue weighted by atomic mass is 10.2. The summed E-state index contributed by atoms with van der Waals surface area (Å²) in [6.07, 6.45) is 2.35. The highest BCUT2D eigenvalue weighted by Crippen LogP contribution is 2.27. The first kappa shape index (κ1) is 14.0. The molecular formula is C17H17F2NO. The summed E-state index contributed by atoms with van der Waals surface area (Å²) in [5, 5.41) is 3.32. The van der Waals surface area contributed by atoms with E-state index in [0.717, 1.165) is 11.1 Å². The van der Waals surface area contributed by atoms with Crippen molar-refractivity contribution in [1.29, 1.82) is 0 Å². The average Bonchev–Trinajstić information content (AvgIpc) is 3.24. The number of hydrogen-bond acceptors (Lipinski definition) is 2. The molecule has 1 N–H and O–H groups in total. The normalized spacial score (nSPS) is 14.2. The van der Waals surface area contributed by atoms with E-state index in [1.807, 2.05) is 6.92 Å². The van der Waals surface area contributed by atoms with Crippen LogP contribution in [0.2, 0.25) is 0 Å². The molecule has 1 fully saturated rings. The molecule has 1 saturated carbocycles. The summed E-state index contributed by atoms with van der Waals surface area (Å²) in [6, 6.07) is 9.63. The van der Waals surface area contributed by atoms with Crippen molar-refractivity contribution in [2.75, 3.05) is 0 Å². The predicted octanol–water partition coefficient (Wildman–Crippen LogP) is 4.32. The Morgan fingerprint density at radius 1 is 1.14 bits per heavy atom. The van der Waals surface area contributed by atoms with Crippen LogP contribution in [0.1, 0.15) is 24.0 Å². The van der Waals surface area contributed by atoms with Crippen LogP contribution in [-0.2, 0) is 6.54 Å². The number of nitrogens with one attached hydrogen (secondary N) is 1. The Morgan fingerprint density at radius 3 is 2.71 bits per heavy atom. The first-order valence-corrected chi connectivity index (χ1v) is 7.07. The predicted molar refractivity (Wildman–Crippen MR) is 77.5 cm³/mol. The third-order valence-electron chi connectivity index (χ3n) is 3.42. The number of hydrogen-bond donors (Lipinski definition) is 1. The van der Waals surface area contributed by atoms with E-state index >= 15 is 0 Å². The first-order valence-electron chi connectivity index (χ1n) is 7.07. The number of aryl methyl sites for hydroxylation is 1. The van der Waals surface area contributed by atoms with E-state index in [2.05, 4.69) is 5.32 Å². The van der Waals surface area contributed by atoms with E-state index in [1.54, 1.807) is 18.2 Å². The highest BCUT2D eigenvalue weighted by Gasteiger charge is 2.20. The second-order valence-electron chi connectivity index (χ2n) is 5.49. The maximum Gasteiger partial charge on any atom is 0.165 e. The van der Waals surface area contributed by atoms with Gasteiger partial charge < -0.3 is 10.1 Å². The van der Waals surface area contributed by atoms with Crippen molar-refractivity contribution in [1.82, 2.24) is 5.32 Å². The molecule has 0 aromatic heterocycles. The number of rotatable bonds is 5. The molecule has 1 aliphatic rings. The van der Waals surface area contributed by atoms with Gasteiger partial charge in [-0.25, -0.2) is 8.78 Å². The fraction of sp³-hybridized carbons (Fsp3) is 0.294. The molecule has 110 valence electrons. The van der Waals surface area contributed by atoms with Crippen LogP contribution in [0.4, 0.5) is 8.78 Å². The maximum atomic E-state index is 13.7. The molecule has 0 amide bonds. The quantitative estimate of drug-likeness (QED) is 0.885. The first-order chi connectivity index (χ1) is 10.1. The van der Waals surface area contributed by atoms with Gasteiger partial charge >= 0.3 is 0 Å². The Bertz CT molecular complexity index is 653. The molecule has 2 aromatic rings. The van der Waals surface area contributed by atoms with Gasteiger partial charge in [0.15, 0.2) is 11.6 Å². The van der Waals surface area contributed by atoms with Crippen LogP contribution in [0.5, 0.6) is 11.5 Å². The van der Waals surface area contributed by atoms with Gasteiger partial charge in [-0.05, 0) is 55.2 Å². The lowest BCUT2D eigenvalue weighted by Crippen LogP contribution is -2.15. The van der Waals surface area contributed by atoms with E-state index in [4.69, 9.17) is 4.74 Å². The fourth-order valence-electron chi connectivity index (χ4n) is 2.15. The second kappa shape index (κ2) is 5.82. The van der Waals surface area contributed by atoms with Gasteiger partial charge in [-0.15, -0.1) is 0 Å². The zero-order chi connectivity index (χ0) is 14.8. The van der Waals surface area contributed by atoms with Crippen molar-refractivity contribution in [2.45, 2.75) is 32.4 Å². The largest absolute Gasteiger partial charge is 0.454 e. The molecule has 1 aliphatic carbocycles. The van der Waals surface area contributed by atoms with Gasteiger partial charge in [-0.1, -0.05) is 6.07 Å². The molecule has 21 heavy (non-hydrogen) atoms. The molecule has 2 aromatic carbocycles. The molecule has 0 unspecified atom stereocenters. The Labute approximate surface area is 122 Å². The van der Waals surface area contributed by atoms with Gasteiger partial charge in [0.05, 0.1) is 0 Å². The van der Waals surface area contributed by atoms with Crippen molar-refractivity contribution in [3.8, 4) is 11.5 Å². The lowest BCUT2D eigenvalue weighted by Gasteiger charge is -2.10. The third-order valence-corrected chi connectivity index (χ3v) is 3.42. The van der Waals surface area contributed by atoms with E-state index < -0.39 is 5.82 Å². The molecule has 4 heteroatoms. The van der Waals surface area contributed by atoms with Crippen LogP contribution in [0.15, 0.2) is 36.4 Å². The standard InChI is InChI=1S/C17H17F2NO/c1-11-2-5-16(19)17(6-11)21-15-8-12(7-13(18)9-15)10-20-14-3-4-14/h2,5-9,14,20H,3-4,10H2,1H3. The zero-order valence-electron chi connectivity index (χ0n) is 11.8. The molecular weight excluding hydrogens is 272 g/mol. The van der Waals surface area contributed by atoms with Crippen molar-refractivity contribution in [3.05, 3.63) is 59.2 Å². The Morgan fingerprint density at radius 2 is 1.95 bits per heavy atom. The number of halogens is 2. The van der Waals surface area contributed by atoms with Crippen molar-refractivity contribution < 1.29 is 13.5 Å². The van der Waals surface area contributed by atoms with Crippen molar-refractivity contribution in [3.63, 3.8) is 0 Å². The molecule has 0 radical (unpaired) electrons. The van der Waals surface area contributed by atoms with Gasteiger partial charge in [0.2, 0.25) is 0 Å². The zero-order valence-corrected chi connectivity index (χ0v) is 11.8. The minimum atomic E-state index is -0.456. The smallest absolute Gasteiger partial charge is 0.165 e. The lowest BCUT2D eigenvalue weighted by molar-refractivity contribution is 0.437. The molecule has 0 atom stereocenters. The summed E-state index contributed by atoms with van der Waals surface area (Å²) in [5.74, 6) is -0.413. The summed E-state index contributed by atoms with van der Waals surface area (Å²) in [4.78, 5) is 0. The van der Waals surface area contributed by atoms with Crippen LogP contribution in [-0.4, -0.2) is 6.04 Å². The van der Waals surface area contributed by atoms with Crippen LogP contribution in [0.3, 0.4) is 0 Å². The van der Waals surface area contributed by atoms with Gasteiger partial charge in [-0.2, -0.15) is 0 Å². The summed E-state index contributed by atoms with van der Waals surface area (Å²) >= 11 is 0. The average molecular weight is 289 g/mol. The maximum absolute atomic E-state index is 13.7. The molecule has 0 saturated heterocycles. The number of benzene rings is 2. The Kier molecular flexibility index (Phi) is 3.88. The van der Waals surface area contributed by atoms with Crippen LogP contribution < -0.4 is 10.1 Å². The van der Waals surface area contributed by atoms with Crippen molar-refractivity contribution in [2.24, 2.45) is 0 Å². The van der Waals surface area contributed by atoms with Gasteiger partial charge in [0, 0.05) is 18.7 Å². The van der Waals surface area contributed by atoms with Gasteiger partial charge in [0.1, 0.15) is 11.6 Å². The van der Waals surface area contributed by atoms with E-state index in [1.165, 1.54) is 31.0 Å². The van der Waals surface area contributed by atoms with Crippen molar-refractivity contribution >= 4 is 0 Å². The monoisotopic (exact) mass is 289 g/mol. The van der Waals surface area contributed by atoms with Gasteiger partial charge in [0.25, 0.3) is 0 Å². The molecule has 2 nitrogen and oxygen atoms in total. The van der Waals surface area contributed by atoms with Gasteiger partial charge in [-0.3, -0.25) is 0 Å². The topological polar surface area (TPSA) is 21.3 Å². The van der Waals surface area contributed by atoms with Crippen LogP contribution in [0.25, 0.3) is 0 Å². The van der Waals surface area contributed by atoms with E-state index in [9.17, 15) is 8.78 Å². The van der Waals surface area contributed by atoms with E-state index in [0.29, 0.717) is 18.3 Å². The number of ether oxygens (including phenoxy) is 1. The van der Waals surface area contributed by atoms with Crippen LogP contribution in [0, 0.1) is 18.6 Å². The molecule has 0 spiro atoms. The molecule has 0 heterocycles. The summed E-state index contributed by atoms with van der Waals surface area (Å²) in [6.45, 7) is 2.44. The molecule has 0 bridgehead atoms. The third kappa shape index (κ3) is 3.79. The summed E-state index contributed by atoms with van der Waals surface area (Å²) in [7, 11) is 0. The fourth-order valence-corrected chi connectivity index (χ4v) is 2.15.